The minimum absolute atomic E-state index is 0.176. The van der Waals surface area contributed by atoms with Crippen LogP contribution >= 0.6 is 0 Å². The molecule has 1 atom stereocenters. The van der Waals surface area contributed by atoms with Crippen molar-refractivity contribution in [2.24, 2.45) is 17.8 Å². The summed E-state index contributed by atoms with van der Waals surface area (Å²) in [4.78, 5) is 1.76. The summed E-state index contributed by atoms with van der Waals surface area (Å²) in [5.41, 5.74) is 0. The van der Waals surface area contributed by atoms with Crippen molar-refractivity contribution in [1.29, 1.82) is 5.26 Å². The number of halogens is 3. The first-order valence-electron chi connectivity index (χ1n) is 6.03. The standard InChI is InChI=1S/C12H19F3N2/c1-9(2)10-3-5-17(6-4-10)8-11(7-16)12(13,14)15/h9-11H,3-6,8H2,1-2H3. The van der Waals surface area contributed by atoms with E-state index in [-0.39, 0.29) is 6.54 Å². The zero-order valence-corrected chi connectivity index (χ0v) is 10.3. The minimum Gasteiger partial charge on any atom is -0.302 e. The van der Waals surface area contributed by atoms with Gasteiger partial charge < -0.3 is 4.90 Å². The van der Waals surface area contributed by atoms with Gasteiger partial charge in [0.15, 0.2) is 5.92 Å². The van der Waals surface area contributed by atoms with Crippen LogP contribution in [-0.4, -0.2) is 30.7 Å². The molecular weight excluding hydrogens is 229 g/mol. The molecule has 1 aliphatic heterocycles. The van der Waals surface area contributed by atoms with E-state index < -0.39 is 12.1 Å². The van der Waals surface area contributed by atoms with Crippen molar-refractivity contribution in [3.8, 4) is 6.07 Å². The van der Waals surface area contributed by atoms with Crippen LogP contribution in [0.5, 0.6) is 0 Å². The van der Waals surface area contributed by atoms with E-state index in [1.807, 2.05) is 0 Å². The van der Waals surface area contributed by atoms with Crippen LogP contribution in [0.1, 0.15) is 26.7 Å². The van der Waals surface area contributed by atoms with Gasteiger partial charge in [0.1, 0.15) is 0 Å². The van der Waals surface area contributed by atoms with E-state index >= 15 is 0 Å². The van der Waals surface area contributed by atoms with Crippen LogP contribution in [-0.2, 0) is 0 Å². The fraction of sp³-hybridized carbons (Fsp3) is 0.917. The Morgan fingerprint density at radius 3 is 2.18 bits per heavy atom. The van der Waals surface area contributed by atoms with E-state index in [2.05, 4.69) is 13.8 Å². The Morgan fingerprint density at radius 1 is 1.29 bits per heavy atom. The Morgan fingerprint density at radius 2 is 1.82 bits per heavy atom. The van der Waals surface area contributed by atoms with Gasteiger partial charge in [-0.25, -0.2) is 0 Å². The van der Waals surface area contributed by atoms with Crippen LogP contribution in [0.4, 0.5) is 13.2 Å². The molecule has 0 amide bonds. The highest BCUT2D eigenvalue weighted by molar-refractivity contribution is 4.91. The Bertz CT molecular complexity index is 272. The average molecular weight is 248 g/mol. The zero-order valence-electron chi connectivity index (χ0n) is 10.3. The third-order valence-corrected chi connectivity index (χ3v) is 3.57. The van der Waals surface area contributed by atoms with Crippen LogP contribution in [0.15, 0.2) is 0 Å². The first-order valence-corrected chi connectivity index (χ1v) is 6.03. The van der Waals surface area contributed by atoms with E-state index in [9.17, 15) is 13.2 Å². The summed E-state index contributed by atoms with van der Waals surface area (Å²) in [6.45, 7) is 5.47. The number of alkyl halides is 3. The predicted molar refractivity (Wildman–Crippen MR) is 59.2 cm³/mol. The van der Waals surface area contributed by atoms with Crippen molar-refractivity contribution in [3.05, 3.63) is 0 Å². The van der Waals surface area contributed by atoms with Crippen molar-refractivity contribution < 1.29 is 13.2 Å². The smallest absolute Gasteiger partial charge is 0.302 e. The van der Waals surface area contributed by atoms with Gasteiger partial charge >= 0.3 is 6.18 Å². The van der Waals surface area contributed by atoms with Gasteiger partial charge in [0.25, 0.3) is 0 Å². The molecule has 1 aliphatic rings. The molecule has 0 aromatic heterocycles. The summed E-state index contributed by atoms with van der Waals surface area (Å²) >= 11 is 0. The summed E-state index contributed by atoms with van der Waals surface area (Å²) in [6.07, 6.45) is -2.52. The predicted octanol–water partition coefficient (Wildman–Crippen LogP) is 3.06. The summed E-state index contributed by atoms with van der Waals surface area (Å²) in [6, 6.07) is 1.36. The molecule has 98 valence electrons. The molecule has 0 aromatic rings. The monoisotopic (exact) mass is 248 g/mol. The molecule has 2 nitrogen and oxygen atoms in total. The van der Waals surface area contributed by atoms with Crippen LogP contribution in [0.3, 0.4) is 0 Å². The van der Waals surface area contributed by atoms with Gasteiger partial charge in [-0.15, -0.1) is 0 Å². The second-order valence-electron chi connectivity index (χ2n) is 5.11. The zero-order chi connectivity index (χ0) is 13.1. The lowest BCUT2D eigenvalue weighted by Gasteiger charge is -2.34. The minimum atomic E-state index is -4.40. The molecule has 5 heteroatoms. The highest BCUT2D eigenvalue weighted by Gasteiger charge is 2.41. The lowest BCUT2D eigenvalue weighted by Crippen LogP contribution is -2.41. The average Bonchev–Trinajstić information content (AvgIpc) is 2.24. The number of rotatable bonds is 3. The summed E-state index contributed by atoms with van der Waals surface area (Å²) in [7, 11) is 0. The quantitative estimate of drug-likeness (QED) is 0.767. The Hall–Kier alpha value is -0.760. The first-order chi connectivity index (χ1) is 7.84. The van der Waals surface area contributed by atoms with Gasteiger partial charge in [0.2, 0.25) is 0 Å². The molecule has 1 unspecified atom stereocenters. The van der Waals surface area contributed by atoms with Crippen LogP contribution in [0.2, 0.25) is 0 Å². The van der Waals surface area contributed by atoms with Gasteiger partial charge in [-0.05, 0) is 37.8 Å². The van der Waals surface area contributed by atoms with Gasteiger partial charge in [-0.2, -0.15) is 18.4 Å². The molecule has 0 spiro atoms. The van der Waals surface area contributed by atoms with Crippen molar-refractivity contribution in [3.63, 3.8) is 0 Å². The maximum absolute atomic E-state index is 12.4. The molecule has 0 radical (unpaired) electrons. The van der Waals surface area contributed by atoms with E-state index in [0.717, 1.165) is 12.8 Å². The topological polar surface area (TPSA) is 27.0 Å². The van der Waals surface area contributed by atoms with Crippen LogP contribution < -0.4 is 0 Å². The van der Waals surface area contributed by atoms with Gasteiger partial charge in [0.05, 0.1) is 6.07 Å². The lowest BCUT2D eigenvalue weighted by molar-refractivity contribution is -0.164. The van der Waals surface area contributed by atoms with Gasteiger partial charge in [-0.3, -0.25) is 0 Å². The van der Waals surface area contributed by atoms with E-state index in [1.54, 1.807) is 4.90 Å². The van der Waals surface area contributed by atoms with Crippen molar-refractivity contribution in [2.45, 2.75) is 32.9 Å². The fourth-order valence-electron chi connectivity index (χ4n) is 2.28. The molecule has 1 saturated heterocycles. The number of nitrogens with zero attached hydrogens (tertiary/aromatic N) is 2. The first kappa shape index (κ1) is 14.3. The molecule has 0 aromatic carbocycles. The highest BCUT2D eigenvalue weighted by Crippen LogP contribution is 2.29. The number of piperidine rings is 1. The maximum Gasteiger partial charge on any atom is 0.405 e. The third kappa shape index (κ3) is 4.19. The largest absolute Gasteiger partial charge is 0.405 e. The molecule has 1 heterocycles. The van der Waals surface area contributed by atoms with Crippen molar-refractivity contribution >= 4 is 0 Å². The Balaban J connectivity index is 2.43. The highest BCUT2D eigenvalue weighted by atomic mass is 19.4. The van der Waals surface area contributed by atoms with E-state index in [4.69, 9.17) is 5.26 Å². The van der Waals surface area contributed by atoms with Crippen molar-refractivity contribution in [1.82, 2.24) is 4.90 Å². The Labute approximate surface area is 100 Å². The normalized spacial score (nSPS) is 21.5. The van der Waals surface area contributed by atoms with E-state index in [1.165, 1.54) is 6.07 Å². The maximum atomic E-state index is 12.4. The molecule has 0 aliphatic carbocycles. The molecule has 0 N–H and O–H groups in total. The Kier molecular flexibility index (Phi) is 4.81. The molecule has 17 heavy (non-hydrogen) atoms. The molecular formula is C12H19F3N2. The fourth-order valence-corrected chi connectivity index (χ4v) is 2.28. The summed E-state index contributed by atoms with van der Waals surface area (Å²) in [5.74, 6) is -0.651. The molecule has 0 saturated carbocycles. The number of likely N-dealkylation sites (tertiary alicyclic amines) is 1. The van der Waals surface area contributed by atoms with E-state index in [0.29, 0.717) is 24.9 Å². The molecule has 1 rings (SSSR count). The summed E-state index contributed by atoms with van der Waals surface area (Å²) in [5, 5.41) is 8.54. The SMILES string of the molecule is CC(C)C1CCN(CC(C#N)C(F)(F)F)CC1. The molecule has 0 bridgehead atoms. The van der Waals surface area contributed by atoms with Gasteiger partial charge in [-0.1, -0.05) is 13.8 Å². The summed E-state index contributed by atoms with van der Waals surface area (Å²) < 4.78 is 37.3. The van der Waals surface area contributed by atoms with Crippen LogP contribution in [0, 0.1) is 29.1 Å². The van der Waals surface area contributed by atoms with Crippen molar-refractivity contribution in [2.75, 3.05) is 19.6 Å². The number of hydrogen-bond donors (Lipinski definition) is 0. The van der Waals surface area contributed by atoms with Gasteiger partial charge in [0, 0.05) is 6.54 Å². The molecule has 1 fully saturated rings. The van der Waals surface area contributed by atoms with Crippen LogP contribution in [0.25, 0.3) is 0 Å². The number of hydrogen-bond acceptors (Lipinski definition) is 2. The third-order valence-electron chi connectivity index (χ3n) is 3.57. The lowest BCUT2D eigenvalue weighted by atomic mass is 9.86. The second-order valence-corrected chi connectivity index (χ2v) is 5.11. The number of nitriles is 1. The second kappa shape index (κ2) is 5.72.